The first-order valence-electron chi connectivity index (χ1n) is 13.3. The minimum atomic E-state index is -0.626. The number of aromatic nitrogens is 2. The van der Waals surface area contributed by atoms with E-state index in [1.807, 2.05) is 39.0 Å². The molecule has 0 saturated carbocycles. The van der Waals surface area contributed by atoms with E-state index in [9.17, 15) is 19.7 Å². The maximum absolute atomic E-state index is 13.4. The maximum Gasteiger partial charge on any atom is 0.315 e. The fourth-order valence-electron chi connectivity index (χ4n) is 4.10. The number of hydrogen-bond acceptors (Lipinski definition) is 8. The molecule has 42 heavy (non-hydrogen) atoms. The molecule has 0 aliphatic heterocycles. The van der Waals surface area contributed by atoms with Gasteiger partial charge < -0.3 is 14.8 Å². The van der Waals surface area contributed by atoms with E-state index in [1.165, 1.54) is 23.0 Å². The Morgan fingerprint density at radius 1 is 1.17 bits per heavy atom. The summed E-state index contributed by atoms with van der Waals surface area (Å²) >= 11 is 3.39. The van der Waals surface area contributed by atoms with Crippen molar-refractivity contribution in [3.63, 3.8) is 0 Å². The third kappa shape index (κ3) is 7.00. The number of carbonyl (C=O) groups is 1. The molecular formula is C30H30BrN5O6. The molecular weight excluding hydrogens is 606 g/mol. The number of nitrogens with one attached hydrogen (secondary N) is 1. The maximum atomic E-state index is 13.4. The van der Waals surface area contributed by atoms with Crippen LogP contribution >= 0.6 is 15.9 Å². The van der Waals surface area contributed by atoms with Crippen molar-refractivity contribution in [1.82, 2.24) is 9.66 Å². The smallest absolute Gasteiger partial charge is 0.315 e. The molecule has 1 aromatic heterocycles. The van der Waals surface area contributed by atoms with Gasteiger partial charge in [0, 0.05) is 27.7 Å². The standard InChI is InChI=1S/C30H30BrN5O6/c1-5-19(4)29-34-24-12-9-21(31)15-23(24)30(38)35(29)32-16-20-13-25(36(39)40)28(26(14-20)41-6-2)42-17-27(37)33-22-10-7-18(3)8-11-22/h7-16,19H,5-6,17H2,1-4H3,(H,33,37)/t19-/m0/s1. The largest absolute Gasteiger partial charge is 0.490 e. The Morgan fingerprint density at radius 3 is 2.57 bits per heavy atom. The second-order valence-electron chi connectivity index (χ2n) is 9.56. The predicted molar refractivity (Wildman–Crippen MR) is 165 cm³/mol. The number of fused-ring (bicyclic) bond motifs is 1. The third-order valence-electron chi connectivity index (χ3n) is 6.45. The number of nitrogens with zero attached hydrogens (tertiary/aromatic N) is 4. The second-order valence-corrected chi connectivity index (χ2v) is 10.5. The zero-order chi connectivity index (χ0) is 30.4. The van der Waals surface area contributed by atoms with Crippen LogP contribution in [0.15, 0.2) is 69.0 Å². The van der Waals surface area contributed by atoms with Gasteiger partial charge in [-0.15, -0.1) is 0 Å². The summed E-state index contributed by atoms with van der Waals surface area (Å²) in [5, 5.41) is 19.5. The number of hydrogen-bond donors (Lipinski definition) is 1. The molecule has 218 valence electrons. The van der Waals surface area contributed by atoms with Crippen molar-refractivity contribution < 1.29 is 19.2 Å². The van der Waals surface area contributed by atoms with Crippen molar-refractivity contribution in [2.75, 3.05) is 18.5 Å². The molecule has 0 aliphatic rings. The van der Waals surface area contributed by atoms with Crippen LogP contribution in [0.25, 0.3) is 10.9 Å². The molecule has 0 aliphatic carbocycles. The summed E-state index contributed by atoms with van der Waals surface area (Å²) in [6, 6.07) is 15.2. The number of amides is 1. The molecule has 11 nitrogen and oxygen atoms in total. The zero-order valence-electron chi connectivity index (χ0n) is 23.6. The molecule has 0 radical (unpaired) electrons. The molecule has 0 unspecified atom stereocenters. The van der Waals surface area contributed by atoms with E-state index in [-0.39, 0.29) is 35.1 Å². The summed E-state index contributed by atoms with van der Waals surface area (Å²) in [4.78, 5) is 42.0. The number of carbonyl (C=O) groups excluding carboxylic acids is 1. The van der Waals surface area contributed by atoms with Gasteiger partial charge in [0.25, 0.3) is 11.5 Å². The number of ether oxygens (including phenoxy) is 2. The molecule has 0 bridgehead atoms. The Bertz CT molecular complexity index is 1720. The Balaban J connectivity index is 1.69. The molecule has 0 saturated heterocycles. The highest BCUT2D eigenvalue weighted by Gasteiger charge is 2.24. The molecule has 1 amide bonds. The van der Waals surface area contributed by atoms with Crippen molar-refractivity contribution in [3.8, 4) is 11.5 Å². The minimum absolute atomic E-state index is 0.0614. The van der Waals surface area contributed by atoms with Crippen molar-refractivity contribution in [3.05, 3.63) is 96.5 Å². The lowest BCUT2D eigenvalue weighted by Gasteiger charge is -2.14. The van der Waals surface area contributed by atoms with Crippen molar-refractivity contribution >= 4 is 50.3 Å². The van der Waals surface area contributed by atoms with E-state index in [0.29, 0.717) is 28.8 Å². The first-order valence-corrected chi connectivity index (χ1v) is 14.1. The van der Waals surface area contributed by atoms with Gasteiger partial charge >= 0.3 is 5.69 Å². The number of halogens is 1. The molecule has 1 heterocycles. The lowest BCUT2D eigenvalue weighted by molar-refractivity contribution is -0.385. The number of aryl methyl sites for hydroxylation is 1. The SMILES string of the molecule is CCOc1cc(C=Nn2c([C@@H](C)CC)nc3ccc(Br)cc3c2=O)cc([N+](=O)[O-])c1OCC(=O)Nc1ccc(C)cc1. The van der Waals surface area contributed by atoms with Crippen molar-refractivity contribution in [2.45, 2.75) is 40.0 Å². The first kappa shape index (κ1) is 30.4. The van der Waals surface area contributed by atoms with Crippen LogP contribution < -0.4 is 20.3 Å². The number of nitro groups is 1. The predicted octanol–water partition coefficient (Wildman–Crippen LogP) is 6.19. The van der Waals surface area contributed by atoms with E-state index in [0.717, 1.165) is 10.0 Å². The molecule has 4 rings (SSSR count). The fourth-order valence-corrected chi connectivity index (χ4v) is 4.46. The Labute approximate surface area is 250 Å². The quantitative estimate of drug-likeness (QED) is 0.118. The van der Waals surface area contributed by atoms with Crippen molar-refractivity contribution in [1.29, 1.82) is 0 Å². The Hall–Kier alpha value is -4.58. The molecule has 1 N–H and O–H groups in total. The molecule has 4 aromatic rings. The Morgan fingerprint density at radius 2 is 1.90 bits per heavy atom. The minimum Gasteiger partial charge on any atom is -0.490 e. The van der Waals surface area contributed by atoms with Gasteiger partial charge in [-0.1, -0.05) is 47.5 Å². The van der Waals surface area contributed by atoms with Crippen LogP contribution in [0, 0.1) is 17.0 Å². The lowest BCUT2D eigenvalue weighted by Crippen LogP contribution is -2.23. The van der Waals surface area contributed by atoms with Crippen LogP contribution in [0.2, 0.25) is 0 Å². The number of benzene rings is 3. The second kappa shape index (κ2) is 13.4. The molecule has 0 fully saturated rings. The van der Waals surface area contributed by atoms with Crippen LogP contribution in [-0.4, -0.2) is 39.9 Å². The molecule has 1 atom stereocenters. The van der Waals surface area contributed by atoms with E-state index in [2.05, 4.69) is 31.3 Å². The summed E-state index contributed by atoms with van der Waals surface area (Å²) in [7, 11) is 0. The molecule has 0 spiro atoms. The average Bonchev–Trinajstić information content (AvgIpc) is 2.97. The summed E-state index contributed by atoms with van der Waals surface area (Å²) in [6.45, 7) is 7.28. The number of anilines is 1. The number of rotatable bonds is 11. The van der Waals surface area contributed by atoms with Crippen LogP contribution in [0.1, 0.15) is 50.1 Å². The van der Waals surface area contributed by atoms with E-state index < -0.39 is 23.1 Å². The van der Waals surface area contributed by atoms with Crippen LogP contribution in [-0.2, 0) is 4.79 Å². The lowest BCUT2D eigenvalue weighted by atomic mass is 10.1. The summed E-state index contributed by atoms with van der Waals surface area (Å²) in [5.41, 5.74) is 1.66. The molecule has 12 heteroatoms. The first-order chi connectivity index (χ1) is 20.1. The van der Waals surface area contributed by atoms with Crippen LogP contribution in [0.5, 0.6) is 11.5 Å². The van der Waals surface area contributed by atoms with Gasteiger partial charge in [-0.25, -0.2) is 4.98 Å². The normalized spacial score (nSPS) is 11.9. The average molecular weight is 637 g/mol. The summed E-state index contributed by atoms with van der Waals surface area (Å²) < 4.78 is 13.2. The van der Waals surface area contributed by atoms with E-state index >= 15 is 0 Å². The monoisotopic (exact) mass is 635 g/mol. The highest BCUT2D eigenvalue weighted by molar-refractivity contribution is 9.10. The zero-order valence-corrected chi connectivity index (χ0v) is 25.2. The van der Waals surface area contributed by atoms with Gasteiger partial charge in [-0.2, -0.15) is 9.78 Å². The van der Waals surface area contributed by atoms with E-state index in [4.69, 9.17) is 9.47 Å². The van der Waals surface area contributed by atoms with Gasteiger partial charge in [0.2, 0.25) is 5.75 Å². The fraction of sp³-hybridized carbons (Fsp3) is 0.267. The van der Waals surface area contributed by atoms with Crippen molar-refractivity contribution in [2.24, 2.45) is 5.10 Å². The summed E-state index contributed by atoms with van der Waals surface area (Å²) in [6.07, 6.45) is 2.05. The van der Waals surface area contributed by atoms with Gasteiger partial charge in [0.05, 0.1) is 28.6 Å². The van der Waals surface area contributed by atoms with Crippen LogP contribution in [0.4, 0.5) is 11.4 Å². The van der Waals surface area contributed by atoms with Gasteiger partial charge in [0.1, 0.15) is 5.82 Å². The highest BCUT2D eigenvalue weighted by atomic mass is 79.9. The molecule has 3 aromatic carbocycles. The van der Waals surface area contributed by atoms with Gasteiger partial charge in [-0.05, 0) is 56.7 Å². The number of nitro benzene ring substituents is 1. The Kier molecular flexibility index (Phi) is 9.68. The van der Waals surface area contributed by atoms with E-state index in [1.54, 1.807) is 31.2 Å². The van der Waals surface area contributed by atoms with Gasteiger partial charge in [0.15, 0.2) is 12.4 Å². The summed E-state index contributed by atoms with van der Waals surface area (Å²) in [5.74, 6) is -0.238. The topological polar surface area (TPSA) is 138 Å². The highest BCUT2D eigenvalue weighted by Crippen LogP contribution is 2.38. The van der Waals surface area contributed by atoms with Gasteiger partial charge in [-0.3, -0.25) is 19.7 Å². The van der Waals surface area contributed by atoms with Crippen LogP contribution in [0.3, 0.4) is 0 Å². The third-order valence-corrected chi connectivity index (χ3v) is 6.94.